The molecule has 6 heteroatoms. The second-order valence-corrected chi connectivity index (χ2v) is 7.45. The van der Waals surface area contributed by atoms with Gasteiger partial charge in [-0.1, -0.05) is 42.1 Å². The highest BCUT2D eigenvalue weighted by Crippen LogP contribution is 2.34. The van der Waals surface area contributed by atoms with Gasteiger partial charge in [-0.15, -0.1) is 11.3 Å². The Labute approximate surface area is 148 Å². The summed E-state index contributed by atoms with van der Waals surface area (Å²) in [6.07, 6.45) is 0. The molecule has 0 bridgehead atoms. The number of aromatic nitrogens is 1. The summed E-state index contributed by atoms with van der Waals surface area (Å²) < 4.78 is 7.43. The molecule has 1 unspecified atom stereocenters. The van der Waals surface area contributed by atoms with Gasteiger partial charge >= 0.3 is 5.97 Å². The molecule has 124 valence electrons. The number of aliphatic carboxylic acids is 1. The number of rotatable bonds is 7. The van der Waals surface area contributed by atoms with E-state index in [-0.39, 0.29) is 0 Å². The first-order valence-electron chi connectivity index (χ1n) is 7.61. The van der Waals surface area contributed by atoms with Crippen LogP contribution in [0.4, 0.5) is 0 Å². The maximum atomic E-state index is 11.6. The number of hydrogen-bond acceptors (Lipinski definition) is 5. The smallest absolute Gasteiger partial charge is 0.311 e. The molecule has 3 aromatic rings. The number of carbonyl (C=O) groups is 1. The third kappa shape index (κ3) is 3.88. The largest absolute Gasteiger partial charge is 0.494 e. The summed E-state index contributed by atoms with van der Waals surface area (Å²) in [7, 11) is 0. The second-order valence-electron chi connectivity index (χ2n) is 5.15. The molecule has 0 radical (unpaired) electrons. The van der Waals surface area contributed by atoms with E-state index in [2.05, 4.69) is 4.98 Å². The average molecular weight is 359 g/mol. The molecule has 1 heterocycles. The van der Waals surface area contributed by atoms with Crippen LogP contribution in [-0.4, -0.2) is 28.4 Å². The van der Waals surface area contributed by atoms with E-state index in [0.717, 1.165) is 25.9 Å². The Kier molecular flexibility index (Phi) is 5.37. The number of benzene rings is 2. The second kappa shape index (κ2) is 7.68. The van der Waals surface area contributed by atoms with Crippen LogP contribution in [0, 0.1) is 0 Å². The summed E-state index contributed by atoms with van der Waals surface area (Å²) in [4.78, 5) is 16.1. The van der Waals surface area contributed by atoms with Crippen LogP contribution in [0.1, 0.15) is 18.4 Å². The van der Waals surface area contributed by atoms with Crippen LogP contribution in [0.3, 0.4) is 0 Å². The van der Waals surface area contributed by atoms with Gasteiger partial charge < -0.3 is 9.84 Å². The highest BCUT2D eigenvalue weighted by molar-refractivity contribution is 8.01. The molecule has 24 heavy (non-hydrogen) atoms. The number of hydrogen-bond donors (Lipinski definition) is 1. The van der Waals surface area contributed by atoms with E-state index in [1.54, 1.807) is 11.3 Å². The molecule has 0 saturated heterocycles. The number of fused-ring (bicyclic) bond motifs is 1. The van der Waals surface area contributed by atoms with Crippen molar-refractivity contribution in [1.29, 1.82) is 0 Å². The normalized spacial score (nSPS) is 12.2. The van der Waals surface area contributed by atoms with Gasteiger partial charge in [0.15, 0.2) is 4.34 Å². The van der Waals surface area contributed by atoms with Crippen LogP contribution in [-0.2, 0) is 4.79 Å². The lowest BCUT2D eigenvalue weighted by molar-refractivity contribution is -0.138. The third-order valence-electron chi connectivity index (χ3n) is 3.52. The van der Waals surface area contributed by atoms with E-state index in [9.17, 15) is 9.90 Å². The highest BCUT2D eigenvalue weighted by Gasteiger charge is 2.20. The molecule has 1 N–H and O–H groups in total. The Morgan fingerprint density at radius 2 is 2.08 bits per heavy atom. The van der Waals surface area contributed by atoms with Crippen molar-refractivity contribution in [3.05, 3.63) is 54.1 Å². The summed E-state index contributed by atoms with van der Waals surface area (Å²) in [5.41, 5.74) is 1.73. The zero-order chi connectivity index (χ0) is 16.9. The molecule has 4 nitrogen and oxygen atoms in total. The Balaban J connectivity index is 1.75. The minimum Gasteiger partial charge on any atom is -0.494 e. The Morgan fingerprint density at radius 1 is 1.29 bits per heavy atom. The zero-order valence-electron chi connectivity index (χ0n) is 13.1. The fraction of sp³-hybridized carbons (Fsp3) is 0.222. The maximum Gasteiger partial charge on any atom is 0.311 e. The van der Waals surface area contributed by atoms with Gasteiger partial charge in [0.05, 0.1) is 22.7 Å². The standard InChI is InChI=1S/C18H17NO3S2/c1-2-22-13-8-9-15-16(10-13)24-18(19-15)23-11-14(17(20)21)12-6-4-3-5-7-12/h3-10,14H,2,11H2,1H3,(H,20,21). The molecule has 0 fully saturated rings. The Bertz CT molecular complexity index is 833. The number of ether oxygens (including phenoxy) is 1. The predicted octanol–water partition coefficient (Wildman–Crippen LogP) is 4.66. The molecule has 0 spiro atoms. The van der Waals surface area contributed by atoms with E-state index in [0.29, 0.717) is 12.4 Å². The van der Waals surface area contributed by atoms with Crippen molar-refractivity contribution in [2.45, 2.75) is 17.2 Å². The predicted molar refractivity (Wildman–Crippen MR) is 98.3 cm³/mol. The van der Waals surface area contributed by atoms with Gasteiger partial charge in [-0.2, -0.15) is 0 Å². The average Bonchev–Trinajstić information content (AvgIpc) is 2.98. The van der Waals surface area contributed by atoms with Crippen LogP contribution < -0.4 is 4.74 Å². The third-order valence-corrected chi connectivity index (χ3v) is 5.78. The number of thiazole rings is 1. The maximum absolute atomic E-state index is 11.6. The summed E-state index contributed by atoms with van der Waals surface area (Å²) in [5.74, 6) is -0.0640. The Hall–Kier alpha value is -2.05. The lowest BCUT2D eigenvalue weighted by atomic mass is 10.0. The van der Waals surface area contributed by atoms with Gasteiger partial charge in [0.2, 0.25) is 0 Å². The van der Waals surface area contributed by atoms with Crippen molar-refractivity contribution < 1.29 is 14.6 Å². The number of carboxylic acid groups (broad SMARTS) is 1. The molecule has 3 rings (SSSR count). The quantitative estimate of drug-likeness (QED) is 0.622. The molecule has 2 aromatic carbocycles. The lowest BCUT2D eigenvalue weighted by Crippen LogP contribution is -2.13. The van der Waals surface area contributed by atoms with Crippen molar-refractivity contribution >= 4 is 39.3 Å². The first-order chi connectivity index (χ1) is 11.7. The van der Waals surface area contributed by atoms with Gasteiger partial charge in [-0.25, -0.2) is 4.98 Å². The van der Waals surface area contributed by atoms with Crippen LogP contribution in [0.5, 0.6) is 5.75 Å². The SMILES string of the molecule is CCOc1ccc2nc(SCC(C(=O)O)c3ccccc3)sc2c1. The minimum atomic E-state index is -0.812. The van der Waals surface area contributed by atoms with E-state index in [1.807, 2.05) is 55.5 Å². The molecule has 0 aliphatic heterocycles. The minimum absolute atomic E-state index is 0.456. The molecular weight excluding hydrogens is 342 g/mol. The van der Waals surface area contributed by atoms with Crippen molar-refractivity contribution in [1.82, 2.24) is 4.98 Å². The van der Waals surface area contributed by atoms with Crippen molar-refractivity contribution in [2.24, 2.45) is 0 Å². The molecular formula is C18H17NO3S2. The summed E-state index contributed by atoms with van der Waals surface area (Å²) in [5, 5.41) is 9.49. The monoisotopic (exact) mass is 359 g/mol. The zero-order valence-corrected chi connectivity index (χ0v) is 14.8. The first kappa shape index (κ1) is 16.8. The van der Waals surface area contributed by atoms with Gasteiger partial charge in [0, 0.05) is 5.75 Å². The van der Waals surface area contributed by atoms with E-state index in [1.165, 1.54) is 11.8 Å². The van der Waals surface area contributed by atoms with Gasteiger partial charge in [0.1, 0.15) is 5.75 Å². The molecule has 1 aromatic heterocycles. The van der Waals surface area contributed by atoms with Gasteiger partial charge in [-0.3, -0.25) is 4.79 Å². The van der Waals surface area contributed by atoms with Crippen LogP contribution >= 0.6 is 23.1 Å². The fourth-order valence-corrected chi connectivity index (χ4v) is 4.59. The molecule has 0 aliphatic rings. The van der Waals surface area contributed by atoms with Crippen molar-refractivity contribution in [3.8, 4) is 5.75 Å². The topological polar surface area (TPSA) is 59.4 Å². The fourth-order valence-electron chi connectivity index (χ4n) is 2.35. The molecule has 0 amide bonds. The number of thioether (sulfide) groups is 1. The van der Waals surface area contributed by atoms with Crippen molar-refractivity contribution in [3.63, 3.8) is 0 Å². The van der Waals surface area contributed by atoms with Gasteiger partial charge in [0.25, 0.3) is 0 Å². The van der Waals surface area contributed by atoms with E-state index < -0.39 is 11.9 Å². The van der Waals surface area contributed by atoms with Crippen LogP contribution in [0.15, 0.2) is 52.9 Å². The number of nitrogens with zero attached hydrogens (tertiary/aromatic N) is 1. The molecule has 0 saturated carbocycles. The number of carboxylic acids is 1. The highest BCUT2D eigenvalue weighted by atomic mass is 32.2. The molecule has 0 aliphatic carbocycles. The summed E-state index contributed by atoms with van der Waals surface area (Å²) >= 11 is 3.05. The van der Waals surface area contributed by atoms with E-state index in [4.69, 9.17) is 4.74 Å². The van der Waals surface area contributed by atoms with Gasteiger partial charge in [-0.05, 0) is 30.7 Å². The lowest BCUT2D eigenvalue weighted by Gasteiger charge is -2.11. The summed E-state index contributed by atoms with van der Waals surface area (Å²) in [6.45, 7) is 2.58. The molecule has 1 atom stereocenters. The first-order valence-corrected chi connectivity index (χ1v) is 9.41. The van der Waals surface area contributed by atoms with E-state index >= 15 is 0 Å². The summed E-state index contributed by atoms with van der Waals surface area (Å²) in [6, 6.07) is 15.1. The Morgan fingerprint density at radius 3 is 2.79 bits per heavy atom. The van der Waals surface area contributed by atoms with Crippen molar-refractivity contribution in [2.75, 3.05) is 12.4 Å². The van der Waals surface area contributed by atoms with Crippen LogP contribution in [0.25, 0.3) is 10.2 Å². The van der Waals surface area contributed by atoms with Crippen LogP contribution in [0.2, 0.25) is 0 Å².